The summed E-state index contributed by atoms with van der Waals surface area (Å²) in [5.41, 5.74) is 11.3. The molecule has 1 atom stereocenters. The molecule has 254 valence electrons. The number of para-hydroxylation sites is 1. The minimum atomic E-state index is -0.199. The zero-order chi connectivity index (χ0) is 35.5. The maximum atomic E-state index is 7.18. The lowest BCUT2D eigenvalue weighted by atomic mass is 9.72. The second-order valence-electron chi connectivity index (χ2n) is 14.3. The van der Waals surface area contributed by atoms with Crippen molar-refractivity contribution < 1.29 is 13.6 Å². The van der Waals surface area contributed by atoms with Gasteiger partial charge in [0.15, 0.2) is 0 Å². The minimum absolute atomic E-state index is 0.199. The molecule has 5 nitrogen and oxygen atoms in total. The Labute approximate surface area is 309 Å². The van der Waals surface area contributed by atoms with Crippen LogP contribution in [0.1, 0.15) is 22.7 Å². The number of hydrogen-bond donors (Lipinski definition) is 0. The van der Waals surface area contributed by atoms with Crippen LogP contribution < -0.4 is 4.74 Å². The number of nitrogens with zero attached hydrogens (tertiary/aromatic N) is 2. The van der Waals surface area contributed by atoms with E-state index in [0.717, 1.165) is 73.1 Å². The smallest absolute Gasteiger partial charge is 0.246 e. The van der Waals surface area contributed by atoms with E-state index in [4.69, 9.17) is 23.5 Å². The van der Waals surface area contributed by atoms with Gasteiger partial charge in [-0.1, -0.05) is 103 Å². The third-order valence-electron chi connectivity index (χ3n) is 11.5. The van der Waals surface area contributed by atoms with E-state index in [1.165, 1.54) is 49.0 Å². The lowest BCUT2D eigenvalue weighted by Crippen LogP contribution is -2.17. The van der Waals surface area contributed by atoms with Crippen LogP contribution in [0.25, 0.3) is 98.8 Å². The molecule has 1 unspecified atom stereocenters. The van der Waals surface area contributed by atoms with Crippen LogP contribution in [-0.2, 0) is 6.42 Å². The van der Waals surface area contributed by atoms with Crippen LogP contribution in [0.2, 0.25) is 0 Å². The van der Waals surface area contributed by atoms with Crippen molar-refractivity contribution in [2.45, 2.75) is 12.3 Å². The van der Waals surface area contributed by atoms with Crippen molar-refractivity contribution in [3.05, 3.63) is 162 Å². The summed E-state index contributed by atoms with van der Waals surface area (Å²) in [4.78, 5) is 10.9. The number of benzene rings is 8. The van der Waals surface area contributed by atoms with Gasteiger partial charge in [0.2, 0.25) is 5.71 Å². The second-order valence-corrected chi connectivity index (χ2v) is 14.3. The zero-order valence-electron chi connectivity index (χ0n) is 29.3. The van der Waals surface area contributed by atoms with Crippen molar-refractivity contribution in [2.75, 3.05) is 7.11 Å². The Morgan fingerprint density at radius 3 is 2.06 bits per heavy atom. The second kappa shape index (κ2) is 11.0. The van der Waals surface area contributed by atoms with E-state index in [1.54, 1.807) is 7.11 Å². The van der Waals surface area contributed by atoms with E-state index in [-0.39, 0.29) is 5.92 Å². The average molecular weight is 695 g/mol. The third-order valence-corrected chi connectivity index (χ3v) is 11.5. The number of rotatable bonds is 3. The molecule has 12 rings (SSSR count). The first-order valence-corrected chi connectivity index (χ1v) is 18.4. The molecule has 0 aliphatic heterocycles. The summed E-state index contributed by atoms with van der Waals surface area (Å²) in [7, 11) is 1.69. The Morgan fingerprint density at radius 1 is 0.556 bits per heavy atom. The molecule has 0 bridgehead atoms. The normalized spacial score (nSPS) is 14.1. The maximum absolute atomic E-state index is 7.18. The number of methoxy groups -OCH3 is 1. The van der Waals surface area contributed by atoms with Gasteiger partial charge in [0.05, 0.1) is 18.5 Å². The SMILES string of the molecule is COc1ccc(-c2nc3oc4ccccc4c3nc2C2Cc3ccc4ccccc4c3-c3c2c2oc4ccc5ccccc5c4c2c2ccccc32)cc1. The van der Waals surface area contributed by atoms with Gasteiger partial charge in [-0.2, -0.15) is 0 Å². The Hall–Kier alpha value is -6.98. The van der Waals surface area contributed by atoms with Crippen LogP contribution in [0.15, 0.2) is 154 Å². The zero-order valence-corrected chi connectivity index (χ0v) is 29.3. The van der Waals surface area contributed by atoms with E-state index >= 15 is 0 Å². The van der Waals surface area contributed by atoms with Crippen LogP contribution in [0, 0.1) is 0 Å². The van der Waals surface area contributed by atoms with Crippen LogP contribution >= 0.6 is 0 Å². The highest BCUT2D eigenvalue weighted by atomic mass is 16.5. The van der Waals surface area contributed by atoms with Gasteiger partial charge < -0.3 is 13.6 Å². The molecule has 0 saturated heterocycles. The van der Waals surface area contributed by atoms with E-state index in [9.17, 15) is 0 Å². The highest BCUT2D eigenvalue weighted by molar-refractivity contribution is 6.30. The first-order valence-electron chi connectivity index (χ1n) is 18.4. The summed E-state index contributed by atoms with van der Waals surface area (Å²) in [5.74, 6) is 0.583. The third kappa shape index (κ3) is 4.04. The molecule has 3 aromatic heterocycles. The first kappa shape index (κ1) is 29.6. The molecule has 1 aliphatic carbocycles. The Bertz CT molecular complexity index is 3350. The number of ether oxygens (including phenoxy) is 1. The fourth-order valence-corrected chi connectivity index (χ4v) is 9.17. The summed E-state index contributed by atoms with van der Waals surface area (Å²) < 4.78 is 19.1. The summed E-state index contributed by atoms with van der Waals surface area (Å²) in [6, 6.07) is 51.2. The van der Waals surface area contributed by atoms with E-state index in [1.807, 2.05) is 30.3 Å². The van der Waals surface area contributed by atoms with Gasteiger partial charge in [-0.3, -0.25) is 0 Å². The summed E-state index contributed by atoms with van der Waals surface area (Å²) in [6.07, 6.45) is 0.720. The average Bonchev–Trinajstić information content (AvgIpc) is 3.81. The fourth-order valence-electron chi connectivity index (χ4n) is 9.17. The highest BCUT2D eigenvalue weighted by Crippen LogP contribution is 2.55. The molecular weight excluding hydrogens is 665 g/mol. The van der Waals surface area contributed by atoms with Gasteiger partial charge in [0.25, 0.3) is 0 Å². The number of fused-ring (bicyclic) bond motifs is 17. The van der Waals surface area contributed by atoms with Crippen molar-refractivity contribution >= 4 is 76.5 Å². The van der Waals surface area contributed by atoms with E-state index < -0.39 is 0 Å². The van der Waals surface area contributed by atoms with Gasteiger partial charge in [0, 0.05) is 33.2 Å². The van der Waals surface area contributed by atoms with Crippen molar-refractivity contribution in [1.29, 1.82) is 0 Å². The number of hydrogen-bond acceptors (Lipinski definition) is 5. The van der Waals surface area contributed by atoms with Gasteiger partial charge in [0.1, 0.15) is 28.0 Å². The van der Waals surface area contributed by atoms with Crippen molar-refractivity contribution in [1.82, 2.24) is 9.97 Å². The molecule has 0 spiro atoms. The monoisotopic (exact) mass is 694 g/mol. The molecule has 0 saturated carbocycles. The summed E-state index contributed by atoms with van der Waals surface area (Å²) >= 11 is 0. The molecule has 0 amide bonds. The minimum Gasteiger partial charge on any atom is -0.497 e. The number of furan rings is 2. The van der Waals surface area contributed by atoms with Crippen molar-refractivity contribution in [3.63, 3.8) is 0 Å². The molecule has 0 fully saturated rings. The van der Waals surface area contributed by atoms with Crippen molar-refractivity contribution in [3.8, 4) is 28.1 Å². The van der Waals surface area contributed by atoms with Gasteiger partial charge in [-0.15, -0.1) is 0 Å². The van der Waals surface area contributed by atoms with Crippen LogP contribution in [0.4, 0.5) is 0 Å². The molecule has 0 N–H and O–H groups in total. The van der Waals surface area contributed by atoms with Gasteiger partial charge in [-0.05, 0) is 97.9 Å². The van der Waals surface area contributed by atoms with E-state index in [2.05, 4.69) is 115 Å². The van der Waals surface area contributed by atoms with Gasteiger partial charge in [-0.25, -0.2) is 9.97 Å². The van der Waals surface area contributed by atoms with Crippen LogP contribution in [-0.4, -0.2) is 17.1 Å². The molecule has 3 heterocycles. The Balaban J connectivity index is 1.28. The fraction of sp³-hybridized carbons (Fsp3) is 0.0612. The Morgan fingerprint density at radius 2 is 1.24 bits per heavy atom. The summed E-state index contributed by atoms with van der Waals surface area (Å²) in [6.45, 7) is 0. The molecule has 8 aromatic carbocycles. The number of aromatic nitrogens is 2. The molecular formula is C49H30N2O3. The molecule has 11 aromatic rings. The molecule has 54 heavy (non-hydrogen) atoms. The molecule has 1 aliphatic rings. The van der Waals surface area contributed by atoms with Crippen LogP contribution in [0.3, 0.4) is 0 Å². The maximum Gasteiger partial charge on any atom is 0.246 e. The lowest BCUT2D eigenvalue weighted by Gasteiger charge is -2.31. The highest BCUT2D eigenvalue weighted by Gasteiger charge is 2.36. The first-order chi connectivity index (χ1) is 26.7. The predicted molar refractivity (Wildman–Crippen MR) is 219 cm³/mol. The van der Waals surface area contributed by atoms with Gasteiger partial charge >= 0.3 is 0 Å². The van der Waals surface area contributed by atoms with Crippen LogP contribution in [0.5, 0.6) is 5.75 Å². The van der Waals surface area contributed by atoms with Crippen molar-refractivity contribution in [2.24, 2.45) is 0 Å². The van der Waals surface area contributed by atoms with E-state index in [0.29, 0.717) is 5.71 Å². The standard InChI is InChI=1S/C49H30N2O3/c1-52-31-23-20-29(21-24-31)45-46(50-47-36-16-8-9-17-38(36)54-49(47)51-45)37-26-30-19-18-27-10-2-4-12-32(27)40(30)42-34-14-6-7-15-35(34)43-41-33-13-5-3-11-28(33)22-25-39(41)53-48(43)44(37)42/h2-25,37H,26H2,1H3. The topological polar surface area (TPSA) is 61.3 Å². The Kier molecular flexibility index (Phi) is 6.03. The largest absolute Gasteiger partial charge is 0.497 e. The summed E-state index contributed by atoms with van der Waals surface area (Å²) in [5, 5.41) is 10.4. The quantitative estimate of drug-likeness (QED) is 0.184. The lowest BCUT2D eigenvalue weighted by molar-refractivity contribution is 0.415. The molecule has 0 radical (unpaired) electrons. The molecule has 5 heteroatoms. The predicted octanol–water partition coefficient (Wildman–Crippen LogP) is 12.8.